The van der Waals surface area contributed by atoms with E-state index in [0.717, 1.165) is 18.9 Å². The predicted octanol–water partition coefficient (Wildman–Crippen LogP) is 4.73. The largest absolute Gasteiger partial charge is 0.423 e. The van der Waals surface area contributed by atoms with E-state index in [9.17, 15) is 9.59 Å². The summed E-state index contributed by atoms with van der Waals surface area (Å²) < 4.78 is 10.3. The number of esters is 2. The summed E-state index contributed by atoms with van der Waals surface area (Å²) in [5.41, 5.74) is 1.72. The van der Waals surface area contributed by atoms with E-state index in [1.54, 1.807) is 36.4 Å². The molecule has 0 N–H and O–H groups in total. The molecule has 0 aliphatic heterocycles. The molecule has 0 heterocycles. The molecule has 0 unspecified atom stereocenters. The summed E-state index contributed by atoms with van der Waals surface area (Å²) in [6, 6.07) is 13.7. The zero-order valence-corrected chi connectivity index (χ0v) is 14.4. The minimum absolute atomic E-state index is 0.362. The van der Waals surface area contributed by atoms with Gasteiger partial charge in [0.1, 0.15) is 11.5 Å². The Labute approximate surface area is 148 Å². The van der Waals surface area contributed by atoms with Crippen LogP contribution in [0.15, 0.2) is 61.2 Å². The molecule has 0 radical (unpaired) electrons. The Kier molecular flexibility index (Phi) is 6.96. The molecule has 130 valence electrons. The van der Waals surface area contributed by atoms with E-state index in [0.29, 0.717) is 17.1 Å². The van der Waals surface area contributed by atoms with Gasteiger partial charge in [-0.15, -0.1) is 0 Å². The average molecular weight is 338 g/mol. The topological polar surface area (TPSA) is 52.6 Å². The van der Waals surface area contributed by atoms with Crippen molar-refractivity contribution >= 4 is 11.9 Å². The lowest BCUT2D eigenvalue weighted by Gasteiger charge is -2.07. The highest BCUT2D eigenvalue weighted by atomic mass is 16.5. The van der Waals surface area contributed by atoms with Gasteiger partial charge in [-0.1, -0.05) is 38.5 Å². The maximum atomic E-state index is 12.2. The van der Waals surface area contributed by atoms with E-state index in [1.165, 1.54) is 18.4 Å². The molecule has 0 bridgehead atoms. The van der Waals surface area contributed by atoms with Crippen molar-refractivity contribution in [3.63, 3.8) is 0 Å². The van der Waals surface area contributed by atoms with E-state index in [4.69, 9.17) is 9.47 Å². The number of hydrogen-bond donors (Lipinski definition) is 0. The molecular formula is C21H22O4. The molecule has 0 aliphatic carbocycles. The Hall–Kier alpha value is -2.88. The van der Waals surface area contributed by atoms with Gasteiger partial charge in [-0.2, -0.15) is 0 Å². The number of hydrogen-bond acceptors (Lipinski definition) is 4. The highest BCUT2D eigenvalue weighted by Gasteiger charge is 2.09. The lowest BCUT2D eigenvalue weighted by molar-refractivity contribution is -0.128. The van der Waals surface area contributed by atoms with Gasteiger partial charge in [-0.25, -0.2) is 9.59 Å². The summed E-state index contributed by atoms with van der Waals surface area (Å²) in [6.45, 7) is 5.51. The van der Waals surface area contributed by atoms with Crippen LogP contribution in [0.25, 0.3) is 0 Å². The van der Waals surface area contributed by atoms with Crippen molar-refractivity contribution in [2.45, 2.75) is 32.6 Å². The number of carbonyl (C=O) groups is 2. The molecule has 2 aromatic rings. The van der Waals surface area contributed by atoms with Crippen LogP contribution in [-0.2, 0) is 11.2 Å². The van der Waals surface area contributed by atoms with Crippen LogP contribution >= 0.6 is 0 Å². The minimum Gasteiger partial charge on any atom is -0.423 e. The van der Waals surface area contributed by atoms with Gasteiger partial charge in [-0.3, -0.25) is 0 Å². The molecule has 4 heteroatoms. The Balaban J connectivity index is 1.92. The number of carbonyl (C=O) groups excluding carboxylic acids is 2. The van der Waals surface area contributed by atoms with E-state index >= 15 is 0 Å². The van der Waals surface area contributed by atoms with Crippen LogP contribution in [0.2, 0.25) is 0 Å². The van der Waals surface area contributed by atoms with Gasteiger partial charge in [-0.05, 0) is 54.8 Å². The second kappa shape index (κ2) is 9.42. The van der Waals surface area contributed by atoms with Crippen molar-refractivity contribution in [3.05, 3.63) is 72.3 Å². The second-order valence-corrected chi connectivity index (χ2v) is 5.64. The normalized spacial score (nSPS) is 10.1. The minimum atomic E-state index is -0.538. The van der Waals surface area contributed by atoms with Crippen LogP contribution in [0, 0.1) is 0 Å². The Bertz CT molecular complexity index is 715. The second-order valence-electron chi connectivity index (χ2n) is 5.64. The van der Waals surface area contributed by atoms with Gasteiger partial charge >= 0.3 is 11.9 Å². The van der Waals surface area contributed by atoms with Gasteiger partial charge in [0, 0.05) is 6.08 Å². The quantitative estimate of drug-likeness (QED) is 0.302. The van der Waals surface area contributed by atoms with Gasteiger partial charge < -0.3 is 9.47 Å². The number of aryl methyl sites for hydroxylation is 1. The summed E-state index contributed by atoms with van der Waals surface area (Å²) in [5.74, 6) is -0.212. The zero-order chi connectivity index (χ0) is 18.1. The molecule has 0 atom stereocenters. The van der Waals surface area contributed by atoms with Crippen molar-refractivity contribution in [2.75, 3.05) is 0 Å². The lowest BCUT2D eigenvalue weighted by atomic mass is 10.1. The maximum absolute atomic E-state index is 12.2. The van der Waals surface area contributed by atoms with Crippen molar-refractivity contribution in [1.29, 1.82) is 0 Å². The Morgan fingerprint density at radius 3 is 2.08 bits per heavy atom. The first-order valence-corrected chi connectivity index (χ1v) is 8.38. The summed E-state index contributed by atoms with van der Waals surface area (Å²) in [7, 11) is 0. The summed E-state index contributed by atoms with van der Waals surface area (Å²) in [6.07, 6.45) is 5.66. The molecule has 0 saturated carbocycles. The third-order valence-electron chi connectivity index (χ3n) is 3.68. The molecule has 0 aliphatic rings. The smallest absolute Gasteiger partial charge is 0.343 e. The van der Waals surface area contributed by atoms with E-state index < -0.39 is 11.9 Å². The standard InChI is InChI=1S/C21H22O4/c1-3-5-6-7-16-8-10-17(11-9-16)21(23)25-19-14-12-18(13-15-19)24-20(22)4-2/h4,8-15H,2-3,5-7H2,1H3. The van der Waals surface area contributed by atoms with Crippen LogP contribution in [0.3, 0.4) is 0 Å². The fraction of sp³-hybridized carbons (Fsp3) is 0.238. The van der Waals surface area contributed by atoms with Crippen LogP contribution < -0.4 is 9.47 Å². The van der Waals surface area contributed by atoms with Gasteiger partial charge in [0.2, 0.25) is 0 Å². The van der Waals surface area contributed by atoms with Crippen molar-refractivity contribution < 1.29 is 19.1 Å². The monoisotopic (exact) mass is 338 g/mol. The fourth-order valence-electron chi connectivity index (χ4n) is 2.29. The first kappa shape index (κ1) is 18.5. The van der Waals surface area contributed by atoms with E-state index in [1.807, 2.05) is 12.1 Å². The third kappa shape index (κ3) is 5.92. The molecule has 0 saturated heterocycles. The van der Waals surface area contributed by atoms with Crippen LogP contribution in [0.5, 0.6) is 11.5 Å². The van der Waals surface area contributed by atoms with Gasteiger partial charge in [0.15, 0.2) is 0 Å². The van der Waals surface area contributed by atoms with Crippen molar-refractivity contribution in [3.8, 4) is 11.5 Å². The highest BCUT2D eigenvalue weighted by molar-refractivity contribution is 5.91. The summed E-state index contributed by atoms with van der Waals surface area (Å²) in [5, 5.41) is 0. The lowest BCUT2D eigenvalue weighted by Crippen LogP contribution is -2.08. The molecular weight excluding hydrogens is 316 g/mol. The molecule has 2 aromatic carbocycles. The van der Waals surface area contributed by atoms with Crippen molar-refractivity contribution in [1.82, 2.24) is 0 Å². The fourth-order valence-corrected chi connectivity index (χ4v) is 2.29. The molecule has 0 spiro atoms. The van der Waals surface area contributed by atoms with E-state index in [2.05, 4.69) is 13.5 Å². The van der Waals surface area contributed by atoms with Crippen molar-refractivity contribution in [2.24, 2.45) is 0 Å². The molecule has 4 nitrogen and oxygen atoms in total. The first-order valence-electron chi connectivity index (χ1n) is 8.38. The number of unbranched alkanes of at least 4 members (excludes halogenated alkanes) is 2. The summed E-state index contributed by atoms with van der Waals surface area (Å²) in [4.78, 5) is 23.3. The highest BCUT2D eigenvalue weighted by Crippen LogP contribution is 2.19. The molecule has 0 aromatic heterocycles. The van der Waals surface area contributed by atoms with Crippen LogP contribution in [0.4, 0.5) is 0 Å². The van der Waals surface area contributed by atoms with Crippen LogP contribution in [0.1, 0.15) is 42.1 Å². The molecule has 25 heavy (non-hydrogen) atoms. The van der Waals surface area contributed by atoms with Gasteiger partial charge in [0.25, 0.3) is 0 Å². The van der Waals surface area contributed by atoms with E-state index in [-0.39, 0.29) is 0 Å². The number of benzene rings is 2. The maximum Gasteiger partial charge on any atom is 0.343 e. The zero-order valence-electron chi connectivity index (χ0n) is 14.4. The first-order chi connectivity index (χ1) is 12.1. The van der Waals surface area contributed by atoms with Gasteiger partial charge in [0.05, 0.1) is 5.56 Å². The predicted molar refractivity (Wildman–Crippen MR) is 96.9 cm³/mol. The Morgan fingerprint density at radius 1 is 0.920 bits per heavy atom. The number of rotatable bonds is 8. The summed E-state index contributed by atoms with van der Waals surface area (Å²) >= 11 is 0. The SMILES string of the molecule is C=CC(=O)Oc1ccc(OC(=O)c2ccc(CCCCC)cc2)cc1. The molecule has 0 fully saturated rings. The molecule has 2 rings (SSSR count). The molecule has 0 amide bonds. The average Bonchev–Trinajstić information content (AvgIpc) is 2.64. The number of ether oxygens (including phenoxy) is 2. The Morgan fingerprint density at radius 2 is 1.52 bits per heavy atom. The third-order valence-corrected chi connectivity index (χ3v) is 3.68. The van der Waals surface area contributed by atoms with Crippen LogP contribution in [-0.4, -0.2) is 11.9 Å².